The first kappa shape index (κ1) is 14.0. The van der Waals surface area contributed by atoms with Gasteiger partial charge in [-0.3, -0.25) is 9.69 Å². The lowest BCUT2D eigenvalue weighted by atomic mass is 10.1. The van der Waals surface area contributed by atoms with Gasteiger partial charge in [0.05, 0.1) is 0 Å². The van der Waals surface area contributed by atoms with Crippen molar-refractivity contribution < 1.29 is 4.79 Å². The van der Waals surface area contributed by atoms with E-state index >= 15 is 0 Å². The van der Waals surface area contributed by atoms with Gasteiger partial charge < -0.3 is 10.6 Å². The molecule has 1 aromatic carbocycles. The van der Waals surface area contributed by atoms with E-state index in [2.05, 4.69) is 17.9 Å². The second kappa shape index (κ2) is 5.72. The Kier molecular flexibility index (Phi) is 4.22. The quantitative estimate of drug-likeness (QED) is 0.875. The fourth-order valence-corrected chi connectivity index (χ4v) is 2.61. The molecule has 1 aliphatic rings. The first-order valence-electron chi connectivity index (χ1n) is 6.84. The molecule has 0 aromatic heterocycles. The van der Waals surface area contributed by atoms with Crippen LogP contribution in [0.4, 0.5) is 5.69 Å². The molecule has 2 rings (SSSR count). The van der Waals surface area contributed by atoms with E-state index in [0.717, 1.165) is 18.7 Å². The van der Waals surface area contributed by atoms with Crippen LogP contribution in [0, 0.1) is 6.92 Å². The van der Waals surface area contributed by atoms with E-state index in [-0.39, 0.29) is 11.9 Å². The zero-order valence-electron chi connectivity index (χ0n) is 12.0. The summed E-state index contributed by atoms with van der Waals surface area (Å²) in [4.78, 5) is 16.6. The lowest BCUT2D eigenvalue weighted by Crippen LogP contribution is -2.50. The Morgan fingerprint density at radius 1 is 1.42 bits per heavy atom. The molecule has 0 bridgehead atoms. The minimum absolute atomic E-state index is 0.111. The summed E-state index contributed by atoms with van der Waals surface area (Å²) in [7, 11) is 1.99. The third-order valence-electron chi connectivity index (χ3n) is 4.05. The number of nitrogens with zero attached hydrogens (tertiary/aromatic N) is 2. The van der Waals surface area contributed by atoms with Gasteiger partial charge in [-0.1, -0.05) is 12.1 Å². The van der Waals surface area contributed by atoms with Gasteiger partial charge in [-0.25, -0.2) is 0 Å². The molecule has 1 aromatic rings. The number of hydrogen-bond donors (Lipinski definition) is 1. The Morgan fingerprint density at radius 3 is 2.79 bits per heavy atom. The molecule has 0 spiro atoms. The van der Waals surface area contributed by atoms with Gasteiger partial charge in [0, 0.05) is 24.8 Å². The average molecular weight is 261 g/mol. The monoisotopic (exact) mass is 261 g/mol. The Balaban J connectivity index is 2.32. The summed E-state index contributed by atoms with van der Waals surface area (Å²) < 4.78 is 0. The zero-order chi connectivity index (χ0) is 14.0. The molecule has 1 saturated heterocycles. The number of anilines is 1. The van der Waals surface area contributed by atoms with Gasteiger partial charge in [0.15, 0.2) is 0 Å². The molecule has 4 nitrogen and oxygen atoms in total. The summed E-state index contributed by atoms with van der Waals surface area (Å²) in [6.45, 7) is 5.31. The lowest BCUT2D eigenvalue weighted by Gasteiger charge is -2.29. The van der Waals surface area contributed by atoms with E-state index in [1.165, 1.54) is 5.56 Å². The van der Waals surface area contributed by atoms with Crippen LogP contribution >= 0.6 is 0 Å². The number of likely N-dealkylation sites (N-methyl/N-ethyl adjacent to an activating group) is 1. The number of hydrogen-bond acceptors (Lipinski definition) is 3. The molecular weight excluding hydrogens is 238 g/mol. The van der Waals surface area contributed by atoms with Gasteiger partial charge in [-0.05, 0) is 45.0 Å². The maximum absolute atomic E-state index is 12.6. The summed E-state index contributed by atoms with van der Waals surface area (Å²) in [6.07, 6.45) is 0.965. The van der Waals surface area contributed by atoms with Crippen LogP contribution in [-0.2, 0) is 4.79 Å². The van der Waals surface area contributed by atoms with Crippen molar-refractivity contribution in [2.75, 3.05) is 25.0 Å². The number of benzene rings is 1. The van der Waals surface area contributed by atoms with Crippen LogP contribution in [-0.4, -0.2) is 43.0 Å². The zero-order valence-corrected chi connectivity index (χ0v) is 12.0. The molecule has 0 radical (unpaired) electrons. The number of nitrogens with two attached hydrogens (primary N) is 1. The number of carbonyl (C=O) groups is 1. The summed E-state index contributed by atoms with van der Waals surface area (Å²) in [5, 5.41) is 0. The van der Waals surface area contributed by atoms with E-state index in [1.54, 1.807) is 0 Å². The standard InChI is InChI=1S/C15H23N3O/c1-11-5-4-6-13(9-11)18-8-7-12(2)17(3)14(10-16)15(18)19/h4-6,9,12,14H,7-8,10,16H2,1-3H3. The molecule has 1 amide bonds. The number of amides is 1. The van der Waals surface area contributed by atoms with Gasteiger partial charge in [0.2, 0.25) is 5.91 Å². The largest absolute Gasteiger partial charge is 0.328 e. The minimum atomic E-state index is -0.224. The molecule has 1 heterocycles. The van der Waals surface area contributed by atoms with E-state index in [0.29, 0.717) is 12.6 Å². The van der Waals surface area contributed by atoms with Crippen molar-refractivity contribution in [3.05, 3.63) is 29.8 Å². The first-order chi connectivity index (χ1) is 9.04. The van der Waals surface area contributed by atoms with Gasteiger partial charge in [0.1, 0.15) is 6.04 Å². The average Bonchev–Trinajstić information content (AvgIpc) is 2.48. The molecule has 2 atom stereocenters. The molecule has 1 aliphatic heterocycles. The highest BCUT2D eigenvalue weighted by atomic mass is 16.2. The predicted octanol–water partition coefficient (Wildman–Crippen LogP) is 1.38. The van der Waals surface area contributed by atoms with Crippen LogP contribution in [0.2, 0.25) is 0 Å². The predicted molar refractivity (Wildman–Crippen MR) is 78.2 cm³/mol. The Labute approximate surface area is 115 Å². The van der Waals surface area contributed by atoms with Crippen molar-refractivity contribution in [3.63, 3.8) is 0 Å². The van der Waals surface area contributed by atoms with Crippen LogP contribution in [0.15, 0.2) is 24.3 Å². The normalized spacial score (nSPS) is 25.5. The highest BCUT2D eigenvalue weighted by Gasteiger charge is 2.33. The number of aryl methyl sites for hydroxylation is 1. The van der Waals surface area contributed by atoms with Gasteiger partial charge >= 0.3 is 0 Å². The van der Waals surface area contributed by atoms with E-state index in [9.17, 15) is 4.79 Å². The maximum atomic E-state index is 12.6. The minimum Gasteiger partial charge on any atom is -0.328 e. The van der Waals surface area contributed by atoms with Crippen molar-refractivity contribution in [3.8, 4) is 0 Å². The topological polar surface area (TPSA) is 49.6 Å². The highest BCUT2D eigenvalue weighted by Crippen LogP contribution is 2.22. The molecule has 0 aliphatic carbocycles. The third-order valence-corrected chi connectivity index (χ3v) is 4.05. The summed E-state index contributed by atoms with van der Waals surface area (Å²) >= 11 is 0. The molecule has 4 heteroatoms. The van der Waals surface area contributed by atoms with Gasteiger partial charge in [-0.15, -0.1) is 0 Å². The lowest BCUT2D eigenvalue weighted by molar-refractivity contribution is -0.122. The van der Waals surface area contributed by atoms with Crippen molar-refractivity contribution >= 4 is 11.6 Å². The van der Waals surface area contributed by atoms with E-state index in [1.807, 2.05) is 37.1 Å². The summed E-state index contributed by atoms with van der Waals surface area (Å²) in [6, 6.07) is 8.23. The smallest absolute Gasteiger partial charge is 0.245 e. The van der Waals surface area contributed by atoms with Crippen LogP contribution in [0.5, 0.6) is 0 Å². The number of rotatable bonds is 2. The van der Waals surface area contributed by atoms with Crippen molar-refractivity contribution in [2.45, 2.75) is 32.4 Å². The Hall–Kier alpha value is -1.39. The molecule has 104 valence electrons. The second-order valence-corrected chi connectivity index (χ2v) is 5.38. The molecule has 2 unspecified atom stereocenters. The summed E-state index contributed by atoms with van der Waals surface area (Å²) in [5.41, 5.74) is 7.94. The van der Waals surface area contributed by atoms with Crippen molar-refractivity contribution in [1.29, 1.82) is 0 Å². The second-order valence-electron chi connectivity index (χ2n) is 5.38. The SMILES string of the molecule is Cc1cccc(N2CCC(C)N(C)C(CN)C2=O)c1. The molecule has 1 fully saturated rings. The molecular formula is C15H23N3O. The van der Waals surface area contributed by atoms with E-state index in [4.69, 9.17) is 5.73 Å². The van der Waals surface area contributed by atoms with Crippen molar-refractivity contribution in [1.82, 2.24) is 4.90 Å². The molecule has 2 N–H and O–H groups in total. The number of carbonyl (C=O) groups excluding carboxylic acids is 1. The van der Waals surface area contributed by atoms with Gasteiger partial charge in [-0.2, -0.15) is 0 Å². The Morgan fingerprint density at radius 2 is 2.16 bits per heavy atom. The Bertz CT molecular complexity index is 460. The van der Waals surface area contributed by atoms with Crippen LogP contribution in [0.25, 0.3) is 0 Å². The first-order valence-corrected chi connectivity index (χ1v) is 6.84. The van der Waals surface area contributed by atoms with Crippen LogP contribution in [0.3, 0.4) is 0 Å². The van der Waals surface area contributed by atoms with E-state index < -0.39 is 0 Å². The third kappa shape index (κ3) is 2.80. The fourth-order valence-electron chi connectivity index (χ4n) is 2.61. The fraction of sp³-hybridized carbons (Fsp3) is 0.533. The highest BCUT2D eigenvalue weighted by molar-refractivity contribution is 5.97. The van der Waals surface area contributed by atoms with Gasteiger partial charge in [0.25, 0.3) is 0 Å². The summed E-state index contributed by atoms with van der Waals surface area (Å²) in [5.74, 6) is 0.111. The molecule has 0 saturated carbocycles. The van der Waals surface area contributed by atoms with Crippen LogP contribution in [0.1, 0.15) is 18.9 Å². The molecule has 19 heavy (non-hydrogen) atoms. The van der Waals surface area contributed by atoms with Crippen LogP contribution < -0.4 is 10.6 Å². The van der Waals surface area contributed by atoms with Crippen molar-refractivity contribution in [2.24, 2.45) is 5.73 Å². The maximum Gasteiger partial charge on any atom is 0.245 e.